The highest BCUT2D eigenvalue weighted by atomic mass is 79.9. The largest absolute Gasteiger partial charge is 1.00 e. The van der Waals surface area contributed by atoms with Crippen LogP contribution in [-0.2, 0) is 5.75 Å². The lowest BCUT2D eigenvalue weighted by Gasteiger charge is -2.10. The van der Waals surface area contributed by atoms with Crippen molar-refractivity contribution in [3.8, 4) is 5.75 Å². The van der Waals surface area contributed by atoms with E-state index < -0.39 is 0 Å². The van der Waals surface area contributed by atoms with Crippen molar-refractivity contribution in [3.63, 3.8) is 0 Å². The Hall–Kier alpha value is -0.390. The summed E-state index contributed by atoms with van der Waals surface area (Å²) < 4.78 is 6.64. The molecule has 0 spiro atoms. The van der Waals surface area contributed by atoms with Gasteiger partial charge in [-0.15, -0.1) is 0 Å². The molecule has 6 heteroatoms. The van der Waals surface area contributed by atoms with Gasteiger partial charge in [0.25, 0.3) is 0 Å². The molecule has 0 aliphatic carbocycles. The van der Waals surface area contributed by atoms with Gasteiger partial charge in [0.05, 0.1) is 6.61 Å². The average Bonchev–Trinajstić information content (AvgIpc) is 2.25. The van der Waals surface area contributed by atoms with Gasteiger partial charge in [-0.2, -0.15) is 0 Å². The van der Waals surface area contributed by atoms with E-state index in [4.69, 9.17) is 15.9 Å². The highest BCUT2D eigenvalue weighted by Crippen LogP contribution is 2.27. The van der Waals surface area contributed by atoms with Crippen LogP contribution in [0.15, 0.2) is 22.7 Å². The second-order valence-electron chi connectivity index (χ2n) is 3.25. The molecule has 3 N–H and O–H groups in total. The van der Waals surface area contributed by atoms with E-state index in [1.165, 1.54) is 11.8 Å². The Bertz CT molecular complexity index is 376. The fourth-order valence-corrected chi connectivity index (χ4v) is 2.11. The molecule has 17 heavy (non-hydrogen) atoms. The minimum absolute atomic E-state index is 0. The van der Waals surface area contributed by atoms with E-state index in [1.807, 2.05) is 18.2 Å². The monoisotopic (exact) mass is 337 g/mol. The van der Waals surface area contributed by atoms with Crippen LogP contribution in [0.1, 0.15) is 18.9 Å². The minimum atomic E-state index is 0. The number of benzene rings is 1. The number of hydrogen-bond donors (Lipinski definition) is 2. The summed E-state index contributed by atoms with van der Waals surface area (Å²) in [5.74, 6) is 1.53. The summed E-state index contributed by atoms with van der Waals surface area (Å²) in [5.41, 5.74) is 6.38. The molecular weight excluding hydrogens is 324 g/mol. The minimum Gasteiger partial charge on any atom is -1.00 e. The van der Waals surface area contributed by atoms with E-state index in [-0.39, 0.29) is 17.6 Å². The standard InChI is InChI=1S/C11H15BrN2OS.ClH/c1-2-5-15-10-4-3-9(12)6-8(10)7-16-11(13)14;/h3-4,6H,2,5,7H2,1H3,(H3,13,14);1H/p-1. The number of nitrogens with one attached hydrogen (secondary N) is 1. The summed E-state index contributed by atoms with van der Waals surface area (Å²) in [5, 5.41) is 7.32. The van der Waals surface area contributed by atoms with Crippen LogP contribution in [0.3, 0.4) is 0 Å². The Morgan fingerprint density at radius 3 is 2.82 bits per heavy atom. The first-order valence-corrected chi connectivity index (χ1v) is 6.79. The van der Waals surface area contributed by atoms with Crippen molar-refractivity contribution >= 4 is 32.9 Å². The maximum Gasteiger partial charge on any atom is 0.151 e. The highest BCUT2D eigenvalue weighted by molar-refractivity contribution is 9.10. The van der Waals surface area contributed by atoms with Crippen molar-refractivity contribution in [1.29, 1.82) is 5.41 Å². The normalized spacial score (nSPS) is 9.53. The molecule has 0 unspecified atom stereocenters. The fourth-order valence-electron chi connectivity index (χ4n) is 1.17. The van der Waals surface area contributed by atoms with Gasteiger partial charge in [-0.1, -0.05) is 34.6 Å². The van der Waals surface area contributed by atoms with Gasteiger partial charge in [-0.05, 0) is 24.6 Å². The molecule has 1 rings (SSSR count). The van der Waals surface area contributed by atoms with Crippen LogP contribution in [0.2, 0.25) is 0 Å². The first-order valence-electron chi connectivity index (χ1n) is 5.01. The van der Waals surface area contributed by atoms with Crippen LogP contribution in [0.5, 0.6) is 5.75 Å². The van der Waals surface area contributed by atoms with Crippen LogP contribution in [0.25, 0.3) is 0 Å². The lowest BCUT2D eigenvalue weighted by atomic mass is 10.2. The van der Waals surface area contributed by atoms with Gasteiger partial charge in [0.1, 0.15) is 5.75 Å². The van der Waals surface area contributed by atoms with E-state index in [9.17, 15) is 0 Å². The molecule has 0 aliphatic heterocycles. The SMILES string of the molecule is CCCOc1ccc(Br)cc1CSC(=N)N.[Cl-]. The molecular formula is C11H15BrClN2OS-. The van der Waals surface area contributed by atoms with Gasteiger partial charge in [0.15, 0.2) is 5.17 Å². The lowest BCUT2D eigenvalue weighted by molar-refractivity contribution is -0.00000394. The highest BCUT2D eigenvalue weighted by Gasteiger charge is 2.05. The molecule has 0 atom stereocenters. The molecule has 3 nitrogen and oxygen atoms in total. The maximum atomic E-state index is 7.19. The Kier molecular flexibility index (Phi) is 8.47. The molecule has 0 aromatic heterocycles. The maximum absolute atomic E-state index is 7.19. The Balaban J connectivity index is 0.00000256. The van der Waals surface area contributed by atoms with Gasteiger partial charge < -0.3 is 22.9 Å². The van der Waals surface area contributed by atoms with E-state index in [0.717, 1.165) is 22.2 Å². The summed E-state index contributed by atoms with van der Waals surface area (Å²) in [7, 11) is 0. The predicted octanol–water partition coefficient (Wildman–Crippen LogP) is 0.369. The van der Waals surface area contributed by atoms with Crippen LogP contribution in [0.4, 0.5) is 0 Å². The third-order valence-electron chi connectivity index (χ3n) is 1.87. The Morgan fingerprint density at radius 2 is 2.24 bits per heavy atom. The quantitative estimate of drug-likeness (QED) is 0.602. The van der Waals surface area contributed by atoms with Gasteiger partial charge >= 0.3 is 0 Å². The van der Waals surface area contributed by atoms with Crippen molar-refractivity contribution in [3.05, 3.63) is 28.2 Å². The molecule has 0 saturated carbocycles. The van der Waals surface area contributed by atoms with Crippen LogP contribution in [0, 0.1) is 5.41 Å². The zero-order valence-corrected chi connectivity index (χ0v) is 12.7. The van der Waals surface area contributed by atoms with E-state index >= 15 is 0 Å². The number of rotatable bonds is 5. The summed E-state index contributed by atoms with van der Waals surface area (Å²) in [4.78, 5) is 0. The Labute approximate surface area is 121 Å². The van der Waals surface area contributed by atoms with E-state index in [0.29, 0.717) is 12.4 Å². The summed E-state index contributed by atoms with van der Waals surface area (Å²) in [6.07, 6.45) is 0.982. The predicted molar refractivity (Wildman–Crippen MR) is 73.1 cm³/mol. The summed E-state index contributed by atoms with van der Waals surface area (Å²) >= 11 is 4.72. The van der Waals surface area contributed by atoms with E-state index in [2.05, 4.69) is 22.9 Å². The third kappa shape index (κ3) is 6.19. The van der Waals surface area contributed by atoms with E-state index in [1.54, 1.807) is 0 Å². The number of amidine groups is 1. The summed E-state index contributed by atoms with van der Waals surface area (Å²) in [6, 6.07) is 5.89. The molecule has 1 aromatic carbocycles. The third-order valence-corrected chi connectivity index (χ3v) is 3.13. The van der Waals surface area contributed by atoms with Crippen molar-refractivity contribution in [2.75, 3.05) is 6.61 Å². The van der Waals surface area contributed by atoms with Gasteiger partial charge in [0.2, 0.25) is 0 Å². The van der Waals surface area contributed by atoms with Gasteiger partial charge in [-0.3, -0.25) is 5.41 Å². The van der Waals surface area contributed by atoms with Crippen LogP contribution < -0.4 is 22.9 Å². The van der Waals surface area contributed by atoms with Crippen molar-refractivity contribution in [1.82, 2.24) is 0 Å². The molecule has 0 bridgehead atoms. The molecule has 0 amide bonds. The van der Waals surface area contributed by atoms with Crippen molar-refractivity contribution < 1.29 is 17.1 Å². The molecule has 0 heterocycles. The first kappa shape index (κ1) is 16.6. The van der Waals surface area contributed by atoms with Gasteiger partial charge in [-0.25, -0.2) is 0 Å². The zero-order chi connectivity index (χ0) is 12.0. The molecule has 0 radical (unpaired) electrons. The number of halogens is 2. The molecule has 0 saturated heterocycles. The first-order chi connectivity index (χ1) is 7.63. The smallest absolute Gasteiger partial charge is 0.151 e. The van der Waals surface area contributed by atoms with Crippen LogP contribution in [-0.4, -0.2) is 11.8 Å². The number of ether oxygens (including phenoxy) is 1. The fraction of sp³-hybridized carbons (Fsp3) is 0.364. The lowest BCUT2D eigenvalue weighted by Crippen LogP contribution is -3.00. The number of thioether (sulfide) groups is 1. The summed E-state index contributed by atoms with van der Waals surface area (Å²) in [6.45, 7) is 2.78. The van der Waals surface area contributed by atoms with Crippen molar-refractivity contribution in [2.24, 2.45) is 5.73 Å². The molecule has 1 aromatic rings. The zero-order valence-electron chi connectivity index (χ0n) is 9.50. The molecule has 0 fully saturated rings. The topological polar surface area (TPSA) is 59.1 Å². The number of nitrogens with two attached hydrogens (primary N) is 1. The second kappa shape index (κ2) is 8.66. The Morgan fingerprint density at radius 1 is 1.53 bits per heavy atom. The van der Waals surface area contributed by atoms with Crippen molar-refractivity contribution in [2.45, 2.75) is 19.1 Å². The molecule has 0 aliphatic rings. The van der Waals surface area contributed by atoms with Gasteiger partial charge in [0, 0.05) is 15.8 Å². The second-order valence-corrected chi connectivity index (χ2v) is 5.19. The number of hydrogen-bond acceptors (Lipinski definition) is 3. The molecule has 96 valence electrons. The average molecular weight is 339 g/mol. The van der Waals surface area contributed by atoms with Crippen LogP contribution >= 0.6 is 27.7 Å².